The Labute approximate surface area is 155 Å². The predicted octanol–water partition coefficient (Wildman–Crippen LogP) is 4.33. The van der Waals surface area contributed by atoms with Gasteiger partial charge in [-0.1, -0.05) is 35.0 Å². The second-order valence-corrected chi connectivity index (χ2v) is 7.53. The third-order valence-electron chi connectivity index (χ3n) is 4.54. The van der Waals surface area contributed by atoms with Crippen molar-refractivity contribution in [3.05, 3.63) is 51.4 Å². The third-order valence-corrected chi connectivity index (χ3v) is 5.04. The van der Waals surface area contributed by atoms with Crippen molar-refractivity contribution in [3.63, 3.8) is 0 Å². The molecule has 0 bridgehead atoms. The molecule has 1 aromatic carbocycles. The summed E-state index contributed by atoms with van der Waals surface area (Å²) in [6.07, 6.45) is -3.72. The molecule has 26 heavy (non-hydrogen) atoms. The van der Waals surface area contributed by atoms with Gasteiger partial charge in [0, 0.05) is 22.2 Å². The number of hydrogen-bond donors (Lipinski definition) is 1. The molecule has 9 heteroatoms. The summed E-state index contributed by atoms with van der Waals surface area (Å²) in [5, 5.41) is 6.57. The lowest BCUT2D eigenvalue weighted by molar-refractivity contribution is -0.145. The summed E-state index contributed by atoms with van der Waals surface area (Å²) in [5.41, 5.74) is 1.77. The van der Waals surface area contributed by atoms with Crippen LogP contribution in [0.2, 0.25) is 0 Å². The molecule has 0 spiro atoms. The van der Waals surface area contributed by atoms with E-state index in [4.69, 9.17) is 0 Å². The molecule has 4 rings (SSSR count). The SMILES string of the molecule is C[C@H]1CC(=O)C2=C(C1)Nc1nc(C(F)(F)F)nn1[C@H]2c1cccc(Br)c1. The van der Waals surface area contributed by atoms with E-state index in [1.165, 1.54) is 0 Å². The van der Waals surface area contributed by atoms with E-state index < -0.39 is 18.0 Å². The van der Waals surface area contributed by atoms with Gasteiger partial charge >= 0.3 is 6.18 Å². The van der Waals surface area contributed by atoms with E-state index >= 15 is 0 Å². The molecule has 1 N–H and O–H groups in total. The number of ketones is 1. The van der Waals surface area contributed by atoms with Gasteiger partial charge in [0.15, 0.2) is 5.78 Å². The number of nitrogens with zero attached hydrogens (tertiary/aromatic N) is 3. The maximum Gasteiger partial charge on any atom is 0.453 e. The lowest BCUT2D eigenvalue weighted by Gasteiger charge is -2.34. The molecule has 0 saturated carbocycles. The Hall–Kier alpha value is -2.16. The zero-order valence-electron chi connectivity index (χ0n) is 13.6. The Balaban J connectivity index is 1.92. The second-order valence-electron chi connectivity index (χ2n) is 6.61. The fourth-order valence-electron chi connectivity index (χ4n) is 3.51. The van der Waals surface area contributed by atoms with E-state index in [9.17, 15) is 18.0 Å². The van der Waals surface area contributed by atoms with Gasteiger partial charge in [0.05, 0.1) is 0 Å². The molecule has 0 amide bonds. The summed E-state index contributed by atoms with van der Waals surface area (Å²) >= 11 is 3.38. The molecule has 1 aliphatic carbocycles. The van der Waals surface area contributed by atoms with Crippen LogP contribution in [0.4, 0.5) is 19.1 Å². The summed E-state index contributed by atoms with van der Waals surface area (Å²) < 4.78 is 41.3. The average Bonchev–Trinajstić information content (AvgIpc) is 2.96. The average molecular weight is 427 g/mol. The van der Waals surface area contributed by atoms with Crippen molar-refractivity contribution in [1.29, 1.82) is 0 Å². The molecule has 2 aromatic rings. The van der Waals surface area contributed by atoms with Gasteiger partial charge in [0.1, 0.15) is 6.04 Å². The first kappa shape index (κ1) is 17.3. The molecule has 1 aromatic heterocycles. The molecule has 136 valence electrons. The minimum Gasteiger partial charge on any atom is -0.328 e. The Bertz CT molecular complexity index is 934. The van der Waals surface area contributed by atoms with Crippen molar-refractivity contribution in [2.75, 3.05) is 5.32 Å². The highest BCUT2D eigenvalue weighted by molar-refractivity contribution is 9.10. The first-order chi connectivity index (χ1) is 12.2. The van der Waals surface area contributed by atoms with Crippen LogP contribution in [-0.4, -0.2) is 20.5 Å². The van der Waals surface area contributed by atoms with Gasteiger partial charge in [0.2, 0.25) is 5.95 Å². The lowest BCUT2D eigenvalue weighted by Crippen LogP contribution is -2.33. The number of carbonyl (C=O) groups is 1. The van der Waals surface area contributed by atoms with Crippen LogP contribution in [0.5, 0.6) is 0 Å². The largest absolute Gasteiger partial charge is 0.453 e. The van der Waals surface area contributed by atoms with Gasteiger partial charge in [-0.3, -0.25) is 4.79 Å². The zero-order valence-corrected chi connectivity index (χ0v) is 15.2. The third kappa shape index (κ3) is 2.84. The highest BCUT2D eigenvalue weighted by Gasteiger charge is 2.42. The molecule has 2 atom stereocenters. The fraction of sp³-hybridized carbons (Fsp3) is 0.353. The molecule has 0 saturated heterocycles. The molecular formula is C17H14BrF3N4O. The topological polar surface area (TPSA) is 59.8 Å². The van der Waals surface area contributed by atoms with Gasteiger partial charge in [-0.2, -0.15) is 18.2 Å². The number of Topliss-reactive ketones (excluding diaryl/α,β-unsaturated/α-hetero) is 1. The maximum atomic E-state index is 13.1. The molecule has 2 aliphatic rings. The van der Waals surface area contributed by atoms with Crippen molar-refractivity contribution in [3.8, 4) is 0 Å². The fourth-order valence-corrected chi connectivity index (χ4v) is 3.93. The number of fused-ring (bicyclic) bond motifs is 1. The minimum absolute atomic E-state index is 0.00273. The van der Waals surface area contributed by atoms with Crippen LogP contribution in [0.15, 0.2) is 40.0 Å². The van der Waals surface area contributed by atoms with Crippen LogP contribution in [0.3, 0.4) is 0 Å². The van der Waals surface area contributed by atoms with E-state index in [1.807, 2.05) is 13.0 Å². The van der Waals surface area contributed by atoms with Crippen molar-refractivity contribution in [1.82, 2.24) is 14.8 Å². The van der Waals surface area contributed by atoms with Crippen molar-refractivity contribution < 1.29 is 18.0 Å². The second kappa shape index (κ2) is 5.94. The van der Waals surface area contributed by atoms with Crippen LogP contribution < -0.4 is 5.32 Å². The van der Waals surface area contributed by atoms with Crippen LogP contribution >= 0.6 is 15.9 Å². The molecule has 0 radical (unpaired) electrons. The predicted molar refractivity (Wildman–Crippen MR) is 91.4 cm³/mol. The number of anilines is 1. The lowest BCUT2D eigenvalue weighted by atomic mass is 9.81. The number of rotatable bonds is 1. The Morgan fingerprint density at radius 3 is 2.77 bits per heavy atom. The van der Waals surface area contributed by atoms with Gasteiger partial charge in [-0.15, -0.1) is 5.10 Å². The number of nitrogens with one attached hydrogen (secondary N) is 1. The van der Waals surface area contributed by atoms with Gasteiger partial charge in [0.25, 0.3) is 5.82 Å². The van der Waals surface area contributed by atoms with E-state index in [2.05, 4.69) is 31.3 Å². The molecule has 0 unspecified atom stereocenters. The van der Waals surface area contributed by atoms with Crippen molar-refractivity contribution in [2.45, 2.75) is 32.0 Å². The van der Waals surface area contributed by atoms with Crippen molar-refractivity contribution >= 4 is 27.7 Å². The van der Waals surface area contributed by atoms with Gasteiger partial charge < -0.3 is 5.32 Å². The first-order valence-corrected chi connectivity index (χ1v) is 8.86. The quantitative estimate of drug-likeness (QED) is 0.737. The van der Waals surface area contributed by atoms with Crippen LogP contribution in [-0.2, 0) is 11.0 Å². The van der Waals surface area contributed by atoms with E-state index in [1.54, 1.807) is 18.2 Å². The molecular weight excluding hydrogens is 413 g/mol. The smallest absolute Gasteiger partial charge is 0.328 e. The summed E-state index contributed by atoms with van der Waals surface area (Å²) in [5.74, 6) is -1.18. The maximum absolute atomic E-state index is 13.1. The van der Waals surface area contributed by atoms with E-state index in [0.29, 0.717) is 29.7 Å². The Morgan fingerprint density at radius 2 is 2.08 bits per heavy atom. The summed E-state index contributed by atoms with van der Waals surface area (Å²) in [6.45, 7) is 1.94. The molecule has 2 heterocycles. The number of aromatic nitrogens is 3. The molecule has 1 aliphatic heterocycles. The highest BCUT2D eigenvalue weighted by atomic mass is 79.9. The normalized spacial score (nSPS) is 22.7. The van der Waals surface area contributed by atoms with Gasteiger partial charge in [-0.25, -0.2) is 4.68 Å². The van der Waals surface area contributed by atoms with Crippen molar-refractivity contribution in [2.24, 2.45) is 5.92 Å². The van der Waals surface area contributed by atoms with E-state index in [-0.39, 0.29) is 17.6 Å². The molecule has 0 fully saturated rings. The highest BCUT2D eigenvalue weighted by Crippen LogP contribution is 2.42. The number of halogens is 4. The summed E-state index contributed by atoms with van der Waals surface area (Å²) in [6, 6.07) is 6.41. The standard InChI is InChI=1S/C17H14BrF3N4O/c1-8-5-11-13(12(26)6-8)14(9-3-2-4-10(18)7-9)25-16(22-11)23-15(24-25)17(19,20)21/h2-4,7-8,14H,5-6H2,1H3,(H,22,23,24)/t8-,14+/m1/s1. The number of hydrogen-bond acceptors (Lipinski definition) is 4. The summed E-state index contributed by atoms with van der Waals surface area (Å²) in [7, 11) is 0. The monoisotopic (exact) mass is 426 g/mol. The number of benzene rings is 1. The number of alkyl halides is 3. The van der Waals surface area contributed by atoms with Crippen LogP contribution in [0.1, 0.15) is 37.2 Å². The van der Waals surface area contributed by atoms with Crippen LogP contribution in [0, 0.1) is 5.92 Å². The molecule has 5 nitrogen and oxygen atoms in total. The zero-order chi connectivity index (χ0) is 18.6. The first-order valence-electron chi connectivity index (χ1n) is 8.06. The summed E-state index contributed by atoms with van der Waals surface area (Å²) in [4.78, 5) is 16.3. The van der Waals surface area contributed by atoms with Crippen LogP contribution in [0.25, 0.3) is 0 Å². The Kier molecular flexibility index (Phi) is 3.94. The Morgan fingerprint density at radius 1 is 1.31 bits per heavy atom. The minimum atomic E-state index is -4.66. The van der Waals surface area contributed by atoms with Gasteiger partial charge in [-0.05, 0) is 30.0 Å². The van der Waals surface area contributed by atoms with E-state index in [0.717, 1.165) is 9.15 Å². The number of allylic oxidation sites excluding steroid dienone is 2. The number of carbonyl (C=O) groups excluding carboxylic acids is 1.